The highest BCUT2D eigenvalue weighted by Crippen LogP contribution is 2.32. The number of benzene rings is 1. The number of aromatic nitrogens is 1. The Hall–Kier alpha value is -2.68. The van der Waals surface area contributed by atoms with Gasteiger partial charge in [-0.1, -0.05) is 45.9 Å². The summed E-state index contributed by atoms with van der Waals surface area (Å²) in [6.45, 7) is 18.2. The Labute approximate surface area is 228 Å². The molecule has 1 aromatic heterocycles. The second-order valence-electron chi connectivity index (χ2n) is 11.3. The molecule has 3 heterocycles. The third-order valence-corrected chi connectivity index (χ3v) is 7.38. The molecule has 1 saturated heterocycles. The molecule has 1 fully saturated rings. The highest BCUT2D eigenvalue weighted by Gasteiger charge is 2.28. The van der Waals surface area contributed by atoms with Gasteiger partial charge in [0.25, 0.3) is 0 Å². The van der Waals surface area contributed by atoms with E-state index in [-0.39, 0.29) is 0 Å². The van der Waals surface area contributed by atoms with Gasteiger partial charge < -0.3 is 25.0 Å². The Morgan fingerprint density at radius 1 is 1.08 bits per heavy atom. The smallest absolute Gasteiger partial charge is 0.219 e. The van der Waals surface area contributed by atoms with Gasteiger partial charge in [-0.05, 0) is 43.4 Å². The number of hydrogen-bond donors (Lipinski definition) is 1. The van der Waals surface area contributed by atoms with E-state index in [0.717, 1.165) is 82.3 Å². The Morgan fingerprint density at radius 3 is 2.55 bits per heavy atom. The first-order valence-corrected chi connectivity index (χ1v) is 14.2. The van der Waals surface area contributed by atoms with Gasteiger partial charge in [0.2, 0.25) is 5.88 Å². The highest BCUT2D eigenvalue weighted by molar-refractivity contribution is 5.83. The molecule has 0 amide bonds. The van der Waals surface area contributed by atoms with Crippen LogP contribution in [0.2, 0.25) is 0 Å². The lowest BCUT2D eigenvalue weighted by atomic mass is 9.96. The molecule has 1 atom stereocenters. The number of pyridine rings is 1. The van der Waals surface area contributed by atoms with Crippen molar-refractivity contribution in [1.82, 2.24) is 19.7 Å². The maximum absolute atomic E-state index is 6.51. The molecule has 4 rings (SSSR count). The van der Waals surface area contributed by atoms with Gasteiger partial charge in [0.05, 0.1) is 25.1 Å². The van der Waals surface area contributed by atoms with Gasteiger partial charge in [-0.2, -0.15) is 0 Å². The van der Waals surface area contributed by atoms with Crippen LogP contribution in [-0.2, 0) is 11.3 Å². The third-order valence-electron chi connectivity index (χ3n) is 7.38. The second kappa shape index (κ2) is 13.9. The number of aliphatic imine (C=N–C) groups is 1. The second-order valence-corrected chi connectivity index (χ2v) is 11.3. The first kappa shape index (κ1) is 28.3. The lowest BCUT2D eigenvalue weighted by molar-refractivity contribution is 0.0325. The minimum absolute atomic E-state index is 0.318. The molecule has 0 unspecified atom stereocenters. The van der Waals surface area contributed by atoms with Crippen LogP contribution in [-0.4, -0.2) is 84.2 Å². The molecule has 38 heavy (non-hydrogen) atoms. The van der Waals surface area contributed by atoms with E-state index in [0.29, 0.717) is 36.3 Å². The normalized spacial score (nSPS) is 17.1. The fraction of sp³-hybridized carbons (Fsp3) is 0.600. The molecule has 0 spiro atoms. The van der Waals surface area contributed by atoms with Crippen molar-refractivity contribution in [3.63, 3.8) is 0 Å². The maximum Gasteiger partial charge on any atom is 0.219 e. The van der Waals surface area contributed by atoms with Crippen LogP contribution in [0.15, 0.2) is 47.6 Å². The van der Waals surface area contributed by atoms with Crippen molar-refractivity contribution >= 4 is 11.6 Å². The lowest BCUT2D eigenvalue weighted by Crippen LogP contribution is -2.48. The molecule has 0 radical (unpaired) electrons. The van der Waals surface area contributed by atoms with Crippen LogP contribution in [0.4, 0.5) is 5.69 Å². The molecule has 2 aromatic rings. The zero-order valence-corrected chi connectivity index (χ0v) is 23.7. The SMILES string of the molecule is CC(C)CN(CCC[C@@H](C(C)C)N1Cc2cc(Oc3ccccc3)ncc2N=C1N)CCN1CCOCC1. The molecular formula is C30H46N6O2. The molecule has 8 heteroatoms. The number of hydrogen-bond acceptors (Lipinski definition) is 8. The van der Waals surface area contributed by atoms with E-state index in [1.54, 1.807) is 6.20 Å². The summed E-state index contributed by atoms with van der Waals surface area (Å²) >= 11 is 0. The minimum Gasteiger partial charge on any atom is -0.439 e. The van der Waals surface area contributed by atoms with Gasteiger partial charge in [0, 0.05) is 56.9 Å². The van der Waals surface area contributed by atoms with Gasteiger partial charge >= 0.3 is 0 Å². The van der Waals surface area contributed by atoms with Crippen molar-refractivity contribution in [2.45, 2.75) is 53.1 Å². The molecule has 0 saturated carbocycles. The third kappa shape index (κ3) is 8.16. The number of fused-ring (bicyclic) bond motifs is 1. The highest BCUT2D eigenvalue weighted by atomic mass is 16.5. The van der Waals surface area contributed by atoms with Gasteiger partial charge in [-0.15, -0.1) is 0 Å². The molecular weight excluding hydrogens is 476 g/mol. The number of nitrogens with zero attached hydrogens (tertiary/aromatic N) is 5. The Kier molecular flexibility index (Phi) is 10.4. The van der Waals surface area contributed by atoms with E-state index in [1.807, 2.05) is 36.4 Å². The molecule has 8 nitrogen and oxygen atoms in total. The number of rotatable bonds is 13. The fourth-order valence-electron chi connectivity index (χ4n) is 5.39. The summed E-state index contributed by atoms with van der Waals surface area (Å²) in [7, 11) is 0. The summed E-state index contributed by atoms with van der Waals surface area (Å²) in [6, 6.07) is 12.1. The Bertz CT molecular complexity index is 1020. The van der Waals surface area contributed by atoms with Crippen LogP contribution in [0, 0.1) is 11.8 Å². The van der Waals surface area contributed by atoms with E-state index in [1.165, 1.54) is 0 Å². The molecule has 2 N–H and O–H groups in total. The Balaban J connectivity index is 1.36. The molecule has 0 aliphatic carbocycles. The van der Waals surface area contributed by atoms with Crippen LogP contribution >= 0.6 is 0 Å². The number of morpholine rings is 1. The van der Waals surface area contributed by atoms with Crippen molar-refractivity contribution in [2.24, 2.45) is 22.6 Å². The van der Waals surface area contributed by atoms with Gasteiger partial charge in [0.15, 0.2) is 5.96 Å². The molecule has 2 aliphatic rings. The summed E-state index contributed by atoms with van der Waals surface area (Å²) in [6.07, 6.45) is 3.97. The minimum atomic E-state index is 0.318. The zero-order valence-electron chi connectivity index (χ0n) is 23.7. The maximum atomic E-state index is 6.51. The summed E-state index contributed by atoms with van der Waals surface area (Å²) in [5.74, 6) is 3.05. The monoisotopic (exact) mass is 522 g/mol. The topological polar surface area (TPSA) is 79.5 Å². The first-order valence-electron chi connectivity index (χ1n) is 14.2. The average Bonchev–Trinajstić information content (AvgIpc) is 2.90. The summed E-state index contributed by atoms with van der Waals surface area (Å²) in [4.78, 5) is 16.6. The predicted octanol–water partition coefficient (Wildman–Crippen LogP) is 4.73. The molecule has 1 aromatic carbocycles. The predicted molar refractivity (Wildman–Crippen MR) is 154 cm³/mol. The van der Waals surface area contributed by atoms with E-state index < -0.39 is 0 Å². The van der Waals surface area contributed by atoms with Crippen molar-refractivity contribution in [3.05, 3.63) is 48.2 Å². The largest absolute Gasteiger partial charge is 0.439 e. The summed E-state index contributed by atoms with van der Waals surface area (Å²) in [5.41, 5.74) is 8.43. The van der Waals surface area contributed by atoms with E-state index in [2.05, 4.69) is 47.4 Å². The number of nitrogens with two attached hydrogens (primary N) is 1. The van der Waals surface area contributed by atoms with Crippen LogP contribution in [0.1, 0.15) is 46.1 Å². The number of para-hydroxylation sites is 1. The van der Waals surface area contributed by atoms with Crippen molar-refractivity contribution in [3.8, 4) is 11.6 Å². The summed E-state index contributed by atoms with van der Waals surface area (Å²) in [5, 5.41) is 0. The van der Waals surface area contributed by atoms with E-state index >= 15 is 0 Å². The quantitative estimate of drug-likeness (QED) is 0.407. The molecule has 208 valence electrons. The lowest BCUT2D eigenvalue weighted by Gasteiger charge is -2.38. The molecule has 0 bridgehead atoms. The summed E-state index contributed by atoms with van der Waals surface area (Å²) < 4.78 is 11.5. The van der Waals surface area contributed by atoms with Crippen LogP contribution in [0.25, 0.3) is 0 Å². The molecule has 2 aliphatic heterocycles. The van der Waals surface area contributed by atoms with Gasteiger partial charge in [0.1, 0.15) is 5.75 Å². The van der Waals surface area contributed by atoms with Crippen LogP contribution in [0.3, 0.4) is 0 Å². The zero-order chi connectivity index (χ0) is 26.9. The van der Waals surface area contributed by atoms with Crippen molar-refractivity contribution in [1.29, 1.82) is 0 Å². The standard InChI is InChI=1S/C30H46N6O2/c1-23(2)21-35(14-13-34-15-17-37-18-16-34)12-8-11-28(24(3)4)36-22-25-19-29(32-20-27(25)33-30(36)31)38-26-9-6-5-7-10-26/h5-7,9-10,19-20,23-24,28H,8,11-18,21-22H2,1-4H3,(H2,31,33)/t28-/m0/s1. The average molecular weight is 523 g/mol. The fourth-order valence-corrected chi connectivity index (χ4v) is 5.39. The number of guanidine groups is 1. The van der Waals surface area contributed by atoms with Gasteiger partial charge in [-0.3, -0.25) is 4.90 Å². The van der Waals surface area contributed by atoms with Crippen LogP contribution < -0.4 is 10.5 Å². The van der Waals surface area contributed by atoms with E-state index in [4.69, 9.17) is 20.2 Å². The van der Waals surface area contributed by atoms with E-state index in [9.17, 15) is 0 Å². The van der Waals surface area contributed by atoms with Gasteiger partial charge in [-0.25, -0.2) is 9.98 Å². The first-order chi connectivity index (χ1) is 18.4. The van der Waals surface area contributed by atoms with Crippen molar-refractivity contribution in [2.75, 3.05) is 52.5 Å². The van der Waals surface area contributed by atoms with Crippen LogP contribution in [0.5, 0.6) is 11.6 Å². The Morgan fingerprint density at radius 2 is 1.84 bits per heavy atom. The van der Waals surface area contributed by atoms with Crippen molar-refractivity contribution < 1.29 is 9.47 Å². The number of ether oxygens (including phenoxy) is 2.